The second-order valence-electron chi connectivity index (χ2n) is 2.79. The van der Waals surface area contributed by atoms with Crippen LogP contribution in [-0.2, 0) is 4.74 Å². The summed E-state index contributed by atoms with van der Waals surface area (Å²) >= 11 is 0. The molecule has 0 spiro atoms. The molecule has 0 amide bonds. The highest BCUT2D eigenvalue weighted by Crippen LogP contribution is 2.03. The molecule has 0 aromatic carbocycles. The van der Waals surface area contributed by atoms with E-state index in [1.165, 1.54) is 12.8 Å². The van der Waals surface area contributed by atoms with Crippen LogP contribution in [0.1, 0.15) is 33.1 Å². The van der Waals surface area contributed by atoms with Gasteiger partial charge in [0, 0.05) is 7.11 Å². The molecular weight excluding hydrogens is 138 g/mol. The molecule has 0 saturated carbocycles. The lowest BCUT2D eigenvalue weighted by molar-refractivity contribution is 0.0875. The predicted molar refractivity (Wildman–Crippen MR) is 48.9 cm³/mol. The minimum atomic E-state index is 0.457. The lowest BCUT2D eigenvalue weighted by atomic mass is 10.1. The first-order valence-corrected chi connectivity index (χ1v) is 4.58. The minimum Gasteiger partial charge on any atom is -0.381 e. The van der Waals surface area contributed by atoms with Crippen LogP contribution in [-0.4, -0.2) is 26.3 Å². The van der Waals surface area contributed by atoms with Gasteiger partial charge in [-0.05, 0) is 25.9 Å². The van der Waals surface area contributed by atoms with Crippen LogP contribution in [0.3, 0.4) is 0 Å². The first-order valence-electron chi connectivity index (χ1n) is 4.58. The van der Waals surface area contributed by atoms with E-state index in [0.717, 1.165) is 19.5 Å². The Morgan fingerprint density at radius 2 is 2.00 bits per heavy atom. The Morgan fingerprint density at radius 3 is 2.45 bits per heavy atom. The average molecular weight is 159 g/mol. The number of ether oxygens (including phenoxy) is 1. The van der Waals surface area contributed by atoms with Crippen LogP contribution in [0.15, 0.2) is 0 Å². The minimum absolute atomic E-state index is 0.457. The van der Waals surface area contributed by atoms with Gasteiger partial charge in [-0.15, -0.1) is 0 Å². The van der Waals surface area contributed by atoms with E-state index < -0.39 is 0 Å². The molecule has 0 radical (unpaired) electrons. The van der Waals surface area contributed by atoms with Crippen molar-refractivity contribution in [1.29, 1.82) is 0 Å². The fraction of sp³-hybridized carbons (Fsp3) is 1.00. The highest BCUT2D eigenvalue weighted by Gasteiger charge is 2.03. The molecular formula is C9H21NO. The van der Waals surface area contributed by atoms with E-state index in [2.05, 4.69) is 19.2 Å². The number of rotatable bonds is 7. The van der Waals surface area contributed by atoms with Gasteiger partial charge in [-0.1, -0.05) is 20.3 Å². The van der Waals surface area contributed by atoms with Crippen LogP contribution in [0, 0.1) is 0 Å². The van der Waals surface area contributed by atoms with Gasteiger partial charge < -0.3 is 10.1 Å². The zero-order chi connectivity index (χ0) is 8.53. The molecule has 2 heteroatoms. The Hall–Kier alpha value is -0.0800. The first-order chi connectivity index (χ1) is 5.35. The monoisotopic (exact) mass is 159 g/mol. The summed E-state index contributed by atoms with van der Waals surface area (Å²) in [5, 5.41) is 3.29. The zero-order valence-electron chi connectivity index (χ0n) is 8.02. The van der Waals surface area contributed by atoms with Crippen molar-refractivity contribution in [1.82, 2.24) is 5.32 Å². The van der Waals surface area contributed by atoms with Crippen LogP contribution in [0.5, 0.6) is 0 Å². The topological polar surface area (TPSA) is 21.3 Å². The number of hydrogen-bond donors (Lipinski definition) is 1. The molecule has 11 heavy (non-hydrogen) atoms. The number of hydrogen-bond acceptors (Lipinski definition) is 2. The van der Waals surface area contributed by atoms with Crippen LogP contribution < -0.4 is 5.32 Å². The first kappa shape index (κ1) is 10.9. The molecule has 0 fully saturated rings. The fourth-order valence-corrected chi connectivity index (χ4v) is 1.14. The largest absolute Gasteiger partial charge is 0.381 e. The van der Waals surface area contributed by atoms with E-state index in [0.29, 0.717) is 6.10 Å². The second kappa shape index (κ2) is 8.02. The van der Waals surface area contributed by atoms with Crippen molar-refractivity contribution >= 4 is 0 Å². The number of nitrogens with one attached hydrogen (secondary N) is 1. The highest BCUT2D eigenvalue weighted by atomic mass is 16.5. The molecule has 0 aliphatic carbocycles. The quantitative estimate of drug-likeness (QED) is 0.572. The Labute approximate surface area is 70.3 Å². The molecule has 0 saturated heterocycles. The van der Waals surface area contributed by atoms with Gasteiger partial charge in [-0.3, -0.25) is 0 Å². The third-order valence-corrected chi connectivity index (χ3v) is 1.84. The van der Waals surface area contributed by atoms with Crippen LogP contribution in [0.2, 0.25) is 0 Å². The van der Waals surface area contributed by atoms with E-state index >= 15 is 0 Å². The molecule has 0 rings (SSSR count). The van der Waals surface area contributed by atoms with E-state index in [1.807, 2.05) is 0 Å². The molecule has 0 heterocycles. The van der Waals surface area contributed by atoms with Crippen molar-refractivity contribution in [2.24, 2.45) is 0 Å². The van der Waals surface area contributed by atoms with Gasteiger partial charge in [0.25, 0.3) is 0 Å². The van der Waals surface area contributed by atoms with Gasteiger partial charge in [0.05, 0.1) is 6.10 Å². The summed E-state index contributed by atoms with van der Waals surface area (Å²) in [4.78, 5) is 0. The third-order valence-electron chi connectivity index (χ3n) is 1.84. The van der Waals surface area contributed by atoms with E-state index in [1.54, 1.807) is 7.11 Å². The van der Waals surface area contributed by atoms with Crippen molar-refractivity contribution < 1.29 is 4.74 Å². The van der Waals surface area contributed by atoms with Gasteiger partial charge in [-0.25, -0.2) is 0 Å². The van der Waals surface area contributed by atoms with Gasteiger partial charge in [0.15, 0.2) is 0 Å². The molecule has 0 bridgehead atoms. The Kier molecular flexibility index (Phi) is 7.96. The number of methoxy groups -OCH3 is 1. The zero-order valence-corrected chi connectivity index (χ0v) is 8.02. The molecule has 1 N–H and O–H groups in total. The Bertz CT molecular complexity index is 76.0. The molecule has 2 nitrogen and oxygen atoms in total. The maximum absolute atomic E-state index is 5.30. The standard InChI is InChI=1S/C9H21NO/c1-4-6-9(11-3)7-8-10-5-2/h9-10H,4-8H2,1-3H3. The molecule has 0 aromatic heterocycles. The second-order valence-corrected chi connectivity index (χ2v) is 2.79. The summed E-state index contributed by atoms with van der Waals surface area (Å²) < 4.78 is 5.30. The van der Waals surface area contributed by atoms with E-state index in [-0.39, 0.29) is 0 Å². The van der Waals surface area contributed by atoms with Crippen molar-refractivity contribution in [2.45, 2.75) is 39.2 Å². The summed E-state index contributed by atoms with van der Waals surface area (Å²) in [5.74, 6) is 0. The average Bonchev–Trinajstić information content (AvgIpc) is 2.03. The maximum Gasteiger partial charge on any atom is 0.0583 e. The summed E-state index contributed by atoms with van der Waals surface area (Å²) in [6.45, 7) is 6.46. The third kappa shape index (κ3) is 6.32. The molecule has 1 atom stereocenters. The normalized spacial score (nSPS) is 13.4. The van der Waals surface area contributed by atoms with Gasteiger partial charge in [0.1, 0.15) is 0 Å². The predicted octanol–water partition coefficient (Wildman–Crippen LogP) is 1.80. The smallest absolute Gasteiger partial charge is 0.0583 e. The molecule has 0 aliphatic heterocycles. The molecule has 68 valence electrons. The Morgan fingerprint density at radius 1 is 1.27 bits per heavy atom. The molecule has 0 aliphatic rings. The van der Waals surface area contributed by atoms with Crippen molar-refractivity contribution in [3.8, 4) is 0 Å². The highest BCUT2D eigenvalue weighted by molar-refractivity contribution is 4.58. The summed E-state index contributed by atoms with van der Waals surface area (Å²) in [6.07, 6.45) is 3.99. The van der Waals surface area contributed by atoms with Crippen molar-refractivity contribution in [2.75, 3.05) is 20.2 Å². The van der Waals surface area contributed by atoms with Crippen molar-refractivity contribution in [3.63, 3.8) is 0 Å². The lowest BCUT2D eigenvalue weighted by Gasteiger charge is -2.13. The maximum atomic E-state index is 5.30. The van der Waals surface area contributed by atoms with Crippen LogP contribution in [0.4, 0.5) is 0 Å². The summed E-state index contributed by atoms with van der Waals surface area (Å²) in [6, 6.07) is 0. The van der Waals surface area contributed by atoms with Gasteiger partial charge in [0.2, 0.25) is 0 Å². The fourth-order valence-electron chi connectivity index (χ4n) is 1.14. The lowest BCUT2D eigenvalue weighted by Crippen LogP contribution is -2.21. The molecule has 1 unspecified atom stereocenters. The summed E-state index contributed by atoms with van der Waals surface area (Å²) in [5.41, 5.74) is 0. The van der Waals surface area contributed by atoms with E-state index in [4.69, 9.17) is 4.74 Å². The Balaban J connectivity index is 3.20. The van der Waals surface area contributed by atoms with Crippen LogP contribution in [0.25, 0.3) is 0 Å². The van der Waals surface area contributed by atoms with Gasteiger partial charge >= 0.3 is 0 Å². The van der Waals surface area contributed by atoms with Gasteiger partial charge in [-0.2, -0.15) is 0 Å². The molecule has 0 aromatic rings. The van der Waals surface area contributed by atoms with Crippen molar-refractivity contribution in [3.05, 3.63) is 0 Å². The summed E-state index contributed by atoms with van der Waals surface area (Å²) in [7, 11) is 1.80. The van der Waals surface area contributed by atoms with Crippen LogP contribution >= 0.6 is 0 Å². The van der Waals surface area contributed by atoms with E-state index in [9.17, 15) is 0 Å². The SMILES string of the molecule is CCCC(CCNCC)OC.